The average Bonchev–Trinajstić information content (AvgIpc) is 2.32. The van der Waals surface area contributed by atoms with Gasteiger partial charge in [0.1, 0.15) is 12.4 Å². The summed E-state index contributed by atoms with van der Waals surface area (Å²) in [5.74, 6) is -0.309. The van der Waals surface area contributed by atoms with Crippen LogP contribution < -0.4 is 9.64 Å². The molecule has 1 heterocycles. The molecule has 1 aromatic carbocycles. The van der Waals surface area contributed by atoms with E-state index < -0.39 is 6.61 Å². The van der Waals surface area contributed by atoms with E-state index in [2.05, 4.69) is 4.74 Å². The Hall–Kier alpha value is -1.40. The Balaban J connectivity index is 2.19. The molecular formula is C11H10ClF2NO3. The van der Waals surface area contributed by atoms with Gasteiger partial charge in [0.15, 0.2) is 0 Å². The molecule has 98 valence electrons. The fraction of sp³-hybridized carbons (Fsp3) is 0.364. The lowest BCUT2D eigenvalue weighted by atomic mass is 10.2. The van der Waals surface area contributed by atoms with Crippen molar-refractivity contribution in [3.05, 3.63) is 23.2 Å². The van der Waals surface area contributed by atoms with Crippen LogP contribution in [0.4, 0.5) is 14.5 Å². The summed E-state index contributed by atoms with van der Waals surface area (Å²) in [6, 6.07) is 4.24. The quantitative estimate of drug-likeness (QED) is 0.851. The van der Waals surface area contributed by atoms with E-state index >= 15 is 0 Å². The Bertz CT molecular complexity index is 456. The van der Waals surface area contributed by atoms with Crippen LogP contribution in [0.5, 0.6) is 5.75 Å². The second kappa shape index (κ2) is 5.49. The number of carbonyl (C=O) groups is 1. The normalized spacial score (nSPS) is 16.2. The van der Waals surface area contributed by atoms with E-state index in [-0.39, 0.29) is 23.3 Å². The fourth-order valence-corrected chi connectivity index (χ4v) is 1.86. The van der Waals surface area contributed by atoms with Gasteiger partial charge in [-0.05, 0) is 18.2 Å². The van der Waals surface area contributed by atoms with Crippen LogP contribution in [0.3, 0.4) is 0 Å². The second-order valence-corrected chi connectivity index (χ2v) is 4.00. The number of anilines is 1. The number of rotatable bonds is 3. The summed E-state index contributed by atoms with van der Waals surface area (Å²) < 4.78 is 33.3. The first-order valence-corrected chi connectivity index (χ1v) is 5.58. The van der Waals surface area contributed by atoms with Crippen LogP contribution in [-0.2, 0) is 9.53 Å². The molecule has 0 radical (unpaired) electrons. The predicted molar refractivity (Wildman–Crippen MR) is 61.3 cm³/mol. The van der Waals surface area contributed by atoms with Crippen molar-refractivity contribution in [2.45, 2.75) is 6.61 Å². The zero-order valence-corrected chi connectivity index (χ0v) is 9.99. The van der Waals surface area contributed by atoms with Gasteiger partial charge in [-0.25, -0.2) is 0 Å². The van der Waals surface area contributed by atoms with Crippen molar-refractivity contribution in [2.24, 2.45) is 0 Å². The summed E-state index contributed by atoms with van der Waals surface area (Å²) in [6.07, 6.45) is 0. The van der Waals surface area contributed by atoms with Gasteiger partial charge in [0.25, 0.3) is 5.91 Å². The highest BCUT2D eigenvalue weighted by molar-refractivity contribution is 6.32. The number of benzene rings is 1. The molecular weight excluding hydrogens is 268 g/mol. The van der Waals surface area contributed by atoms with Gasteiger partial charge < -0.3 is 14.4 Å². The maximum absolute atomic E-state index is 12.1. The largest absolute Gasteiger partial charge is 0.433 e. The molecule has 0 aromatic heterocycles. The summed E-state index contributed by atoms with van der Waals surface area (Å²) in [4.78, 5) is 13.1. The van der Waals surface area contributed by atoms with Gasteiger partial charge in [-0.3, -0.25) is 4.79 Å². The number of halogens is 3. The number of alkyl halides is 2. The number of morpholine rings is 1. The molecule has 0 unspecified atom stereocenters. The highest BCUT2D eigenvalue weighted by Crippen LogP contribution is 2.30. The van der Waals surface area contributed by atoms with Crippen molar-refractivity contribution in [3.8, 4) is 5.75 Å². The molecule has 1 fully saturated rings. The van der Waals surface area contributed by atoms with Crippen molar-refractivity contribution < 1.29 is 23.0 Å². The van der Waals surface area contributed by atoms with Crippen molar-refractivity contribution in [3.63, 3.8) is 0 Å². The van der Waals surface area contributed by atoms with Gasteiger partial charge in [-0.2, -0.15) is 8.78 Å². The van der Waals surface area contributed by atoms with Gasteiger partial charge in [-0.15, -0.1) is 0 Å². The van der Waals surface area contributed by atoms with Gasteiger partial charge in [0.05, 0.1) is 11.6 Å². The molecule has 0 bridgehead atoms. The predicted octanol–water partition coefficient (Wildman–Crippen LogP) is 2.30. The van der Waals surface area contributed by atoms with Crippen LogP contribution in [0.25, 0.3) is 0 Å². The summed E-state index contributed by atoms with van der Waals surface area (Å²) in [7, 11) is 0. The summed E-state index contributed by atoms with van der Waals surface area (Å²) in [5.41, 5.74) is 0.537. The molecule has 1 amide bonds. The van der Waals surface area contributed by atoms with Crippen LogP contribution in [-0.4, -0.2) is 32.3 Å². The zero-order valence-electron chi connectivity index (χ0n) is 9.24. The standard InChI is InChI=1S/C11H10ClF2NO3/c12-8-5-7(1-2-9(8)18-11(13)14)15-3-4-17-6-10(15)16/h1-2,5,11H,3-4,6H2. The molecule has 0 spiro atoms. The lowest BCUT2D eigenvalue weighted by Gasteiger charge is -2.27. The Labute approximate surface area is 107 Å². The number of hydrogen-bond donors (Lipinski definition) is 0. The molecule has 2 rings (SSSR count). The first-order valence-electron chi connectivity index (χ1n) is 5.20. The maximum Gasteiger partial charge on any atom is 0.387 e. The maximum atomic E-state index is 12.1. The van der Waals surface area contributed by atoms with Crippen LogP contribution in [0, 0.1) is 0 Å². The van der Waals surface area contributed by atoms with E-state index in [9.17, 15) is 13.6 Å². The Morgan fingerprint density at radius 2 is 2.22 bits per heavy atom. The third kappa shape index (κ3) is 2.88. The molecule has 0 atom stereocenters. The second-order valence-electron chi connectivity index (χ2n) is 3.59. The molecule has 0 N–H and O–H groups in total. The highest BCUT2D eigenvalue weighted by Gasteiger charge is 2.21. The van der Waals surface area contributed by atoms with Crippen molar-refractivity contribution in [1.82, 2.24) is 0 Å². The molecule has 0 saturated carbocycles. The summed E-state index contributed by atoms with van der Waals surface area (Å²) in [6.45, 7) is -2.09. The zero-order chi connectivity index (χ0) is 13.1. The number of carbonyl (C=O) groups excluding carboxylic acids is 1. The molecule has 18 heavy (non-hydrogen) atoms. The minimum Gasteiger partial charge on any atom is -0.433 e. The molecule has 7 heteroatoms. The Kier molecular flexibility index (Phi) is 3.98. The molecule has 0 aliphatic carbocycles. The fourth-order valence-electron chi connectivity index (χ4n) is 1.64. The number of ether oxygens (including phenoxy) is 2. The van der Waals surface area contributed by atoms with E-state index in [1.807, 2.05) is 0 Å². The minimum atomic E-state index is -2.93. The lowest BCUT2D eigenvalue weighted by molar-refractivity contribution is -0.125. The van der Waals surface area contributed by atoms with Crippen molar-refractivity contribution >= 4 is 23.2 Å². The monoisotopic (exact) mass is 277 g/mol. The van der Waals surface area contributed by atoms with Crippen LogP contribution in [0.1, 0.15) is 0 Å². The van der Waals surface area contributed by atoms with E-state index in [0.29, 0.717) is 18.8 Å². The van der Waals surface area contributed by atoms with Gasteiger partial charge in [0.2, 0.25) is 0 Å². The molecule has 1 aromatic rings. The van der Waals surface area contributed by atoms with E-state index in [4.69, 9.17) is 16.3 Å². The van der Waals surface area contributed by atoms with Crippen LogP contribution >= 0.6 is 11.6 Å². The van der Waals surface area contributed by atoms with Gasteiger partial charge in [0, 0.05) is 12.2 Å². The Morgan fingerprint density at radius 3 is 2.83 bits per heavy atom. The molecule has 4 nitrogen and oxygen atoms in total. The smallest absolute Gasteiger partial charge is 0.387 e. The molecule has 1 aliphatic rings. The summed E-state index contributed by atoms with van der Waals surface area (Å²) in [5, 5.41) is 0.0343. The van der Waals surface area contributed by atoms with Crippen LogP contribution in [0.2, 0.25) is 5.02 Å². The first-order chi connectivity index (χ1) is 8.58. The SMILES string of the molecule is O=C1COCCN1c1ccc(OC(F)F)c(Cl)c1. The molecule has 1 aliphatic heterocycles. The third-order valence-electron chi connectivity index (χ3n) is 2.43. The van der Waals surface area contributed by atoms with Crippen molar-refractivity contribution in [2.75, 3.05) is 24.7 Å². The number of nitrogens with zero attached hydrogens (tertiary/aromatic N) is 1. The number of hydrogen-bond acceptors (Lipinski definition) is 3. The first kappa shape index (κ1) is 13.0. The van der Waals surface area contributed by atoms with Gasteiger partial charge in [-0.1, -0.05) is 11.6 Å². The average molecular weight is 278 g/mol. The Morgan fingerprint density at radius 1 is 1.44 bits per heavy atom. The minimum absolute atomic E-state index is 0.00685. The van der Waals surface area contributed by atoms with E-state index in [1.165, 1.54) is 23.1 Å². The summed E-state index contributed by atoms with van der Waals surface area (Å²) >= 11 is 5.81. The lowest BCUT2D eigenvalue weighted by Crippen LogP contribution is -2.41. The topological polar surface area (TPSA) is 38.8 Å². The molecule has 1 saturated heterocycles. The van der Waals surface area contributed by atoms with Crippen LogP contribution in [0.15, 0.2) is 18.2 Å². The number of amides is 1. The van der Waals surface area contributed by atoms with E-state index in [0.717, 1.165) is 0 Å². The third-order valence-corrected chi connectivity index (χ3v) is 2.72. The van der Waals surface area contributed by atoms with Crippen molar-refractivity contribution in [1.29, 1.82) is 0 Å². The van der Waals surface area contributed by atoms with E-state index in [1.54, 1.807) is 0 Å². The highest BCUT2D eigenvalue weighted by atomic mass is 35.5. The van der Waals surface area contributed by atoms with Gasteiger partial charge >= 0.3 is 6.61 Å².